The van der Waals surface area contributed by atoms with Crippen molar-refractivity contribution >= 4 is 0 Å². The molecule has 3 heteroatoms. The van der Waals surface area contributed by atoms with E-state index in [2.05, 4.69) is 38.2 Å². The minimum absolute atomic E-state index is 0. The van der Waals surface area contributed by atoms with Gasteiger partial charge in [-0.3, -0.25) is 0 Å². The van der Waals surface area contributed by atoms with Crippen molar-refractivity contribution in [3.63, 3.8) is 0 Å². The first-order valence-corrected chi connectivity index (χ1v) is 8.10. The molecule has 0 spiro atoms. The Morgan fingerprint density at radius 2 is 1.18 bits per heavy atom. The minimum Gasteiger partial charge on any atom is -1.00 e. The zero-order valence-electron chi connectivity index (χ0n) is 13.9. The maximum absolute atomic E-state index is 2.37. The smallest absolute Gasteiger partial charge is 0 e. The number of hydrogen-bond acceptors (Lipinski definition) is 0. The molecule has 22 heavy (non-hydrogen) atoms. The number of unbranched alkanes of at least 4 members (excludes halogenated alkanes) is 2. The molecule has 124 valence electrons. The number of allylic oxidation sites excluding steroid dienone is 8. The van der Waals surface area contributed by atoms with E-state index in [0.717, 1.165) is 0 Å². The quantitative estimate of drug-likeness (QED) is 0.416. The van der Waals surface area contributed by atoms with Gasteiger partial charge in [0.25, 0.3) is 0 Å². The Morgan fingerprint density at radius 1 is 0.773 bits per heavy atom. The van der Waals surface area contributed by atoms with Gasteiger partial charge in [-0.1, -0.05) is 62.1 Å². The molecule has 2 aliphatic carbocycles. The van der Waals surface area contributed by atoms with Gasteiger partial charge in [0.1, 0.15) is 0 Å². The maximum atomic E-state index is 2.37. The summed E-state index contributed by atoms with van der Waals surface area (Å²) in [6.07, 6.45) is 20.9. The molecular formula is C19H28Cl2Hf-2. The summed E-state index contributed by atoms with van der Waals surface area (Å²) in [5.74, 6) is 0. The van der Waals surface area contributed by atoms with Gasteiger partial charge >= 0.3 is 0 Å². The van der Waals surface area contributed by atoms with Gasteiger partial charge in [-0.2, -0.15) is 0 Å². The van der Waals surface area contributed by atoms with Crippen LogP contribution in [0.4, 0.5) is 0 Å². The minimum atomic E-state index is 0. The van der Waals surface area contributed by atoms with E-state index in [0.29, 0.717) is 0 Å². The molecule has 0 saturated heterocycles. The molecule has 0 aromatic heterocycles. The van der Waals surface area contributed by atoms with Gasteiger partial charge in [0.2, 0.25) is 0 Å². The number of halogens is 2. The van der Waals surface area contributed by atoms with E-state index in [9.17, 15) is 0 Å². The molecule has 0 aliphatic heterocycles. The van der Waals surface area contributed by atoms with Crippen LogP contribution in [0.3, 0.4) is 0 Å². The van der Waals surface area contributed by atoms with Crippen molar-refractivity contribution < 1.29 is 50.7 Å². The van der Waals surface area contributed by atoms with Crippen LogP contribution in [0.1, 0.15) is 71.6 Å². The van der Waals surface area contributed by atoms with Crippen molar-refractivity contribution in [2.24, 2.45) is 0 Å². The molecule has 0 unspecified atom stereocenters. The molecule has 0 saturated carbocycles. The molecule has 0 aromatic carbocycles. The fraction of sp³-hybridized carbons (Fsp3) is 0.579. The summed E-state index contributed by atoms with van der Waals surface area (Å²) in [4.78, 5) is 0. The summed E-state index contributed by atoms with van der Waals surface area (Å²) < 4.78 is 0. The number of hydrogen-bond donors (Lipinski definition) is 0. The van der Waals surface area contributed by atoms with Crippen LogP contribution in [0.25, 0.3) is 0 Å². The molecule has 0 amide bonds. The second-order valence-electron chi connectivity index (χ2n) is 5.85. The second kappa shape index (κ2) is 13.8. The van der Waals surface area contributed by atoms with E-state index in [1.165, 1.54) is 57.8 Å². The van der Waals surface area contributed by atoms with E-state index < -0.39 is 0 Å². The fourth-order valence-electron chi connectivity index (χ4n) is 3.07. The Balaban J connectivity index is 0. The Bertz CT molecular complexity index is 391. The van der Waals surface area contributed by atoms with Gasteiger partial charge in [0.15, 0.2) is 0 Å². The summed E-state index contributed by atoms with van der Waals surface area (Å²) >= 11 is 0. The van der Waals surface area contributed by atoms with Crippen LogP contribution in [0.5, 0.6) is 0 Å². The number of rotatable bonds is 8. The third kappa shape index (κ3) is 7.32. The summed E-state index contributed by atoms with van der Waals surface area (Å²) in [7, 11) is 0. The standard InChI is InChI=1S/C19H28.2ClH.Hf/c1-3-5-9-16-11-7-13-18(16)15-19-14-8-12-17(19)10-6-4-2;;;/h7-8,11-12H,3-6,9-10,13-15H2,1-2H3;2*1H;/p-2. The summed E-state index contributed by atoms with van der Waals surface area (Å²) in [6, 6.07) is 0. The van der Waals surface area contributed by atoms with Crippen LogP contribution in [0.2, 0.25) is 0 Å². The second-order valence-corrected chi connectivity index (χ2v) is 5.85. The van der Waals surface area contributed by atoms with Gasteiger partial charge in [-0.15, -0.1) is 0 Å². The van der Waals surface area contributed by atoms with Gasteiger partial charge in [0, 0.05) is 25.8 Å². The largest absolute Gasteiger partial charge is 1.00 e. The van der Waals surface area contributed by atoms with E-state index in [-0.39, 0.29) is 50.7 Å². The van der Waals surface area contributed by atoms with Gasteiger partial charge < -0.3 is 24.8 Å². The van der Waals surface area contributed by atoms with Crippen molar-refractivity contribution in [1.29, 1.82) is 0 Å². The first kappa shape index (κ1) is 24.7. The van der Waals surface area contributed by atoms with E-state index in [4.69, 9.17) is 0 Å². The predicted molar refractivity (Wildman–Crippen MR) is 85.2 cm³/mol. The van der Waals surface area contributed by atoms with Crippen LogP contribution < -0.4 is 24.8 Å². The SMILES string of the molecule is CCCCC1=C(CC2=C(CCCC)C=CC2)CC=C1.[Cl-].[Cl-].[Hf]. The Kier molecular flexibility index (Phi) is 15.5. The molecule has 0 atom stereocenters. The van der Waals surface area contributed by atoms with Gasteiger partial charge in [-0.05, 0) is 56.1 Å². The summed E-state index contributed by atoms with van der Waals surface area (Å²) in [5.41, 5.74) is 6.66. The Hall–Kier alpha value is 0.410. The van der Waals surface area contributed by atoms with Gasteiger partial charge in [0.05, 0.1) is 0 Å². The molecule has 0 fully saturated rings. The van der Waals surface area contributed by atoms with E-state index >= 15 is 0 Å². The molecule has 0 nitrogen and oxygen atoms in total. The average molecular weight is 506 g/mol. The first-order valence-electron chi connectivity index (χ1n) is 8.10. The van der Waals surface area contributed by atoms with Crippen LogP contribution >= 0.6 is 0 Å². The molecule has 0 heterocycles. The fourth-order valence-corrected chi connectivity index (χ4v) is 3.07. The van der Waals surface area contributed by atoms with Gasteiger partial charge in [-0.25, -0.2) is 0 Å². The zero-order chi connectivity index (χ0) is 13.5. The van der Waals surface area contributed by atoms with Crippen LogP contribution in [-0.4, -0.2) is 0 Å². The van der Waals surface area contributed by atoms with Crippen LogP contribution in [-0.2, 0) is 25.8 Å². The van der Waals surface area contributed by atoms with Crippen molar-refractivity contribution in [3.8, 4) is 0 Å². The van der Waals surface area contributed by atoms with E-state index in [1.54, 1.807) is 22.3 Å². The third-order valence-corrected chi connectivity index (χ3v) is 4.30. The molecule has 0 aromatic rings. The average Bonchev–Trinajstić information content (AvgIpc) is 3.04. The topological polar surface area (TPSA) is 0 Å². The summed E-state index contributed by atoms with van der Waals surface area (Å²) in [6.45, 7) is 4.57. The van der Waals surface area contributed by atoms with Crippen LogP contribution in [0, 0.1) is 0 Å². The molecule has 0 radical (unpaired) electrons. The van der Waals surface area contributed by atoms with Crippen molar-refractivity contribution in [2.75, 3.05) is 0 Å². The molecule has 0 N–H and O–H groups in total. The third-order valence-electron chi connectivity index (χ3n) is 4.30. The summed E-state index contributed by atoms with van der Waals surface area (Å²) in [5, 5.41) is 0. The molecule has 2 aliphatic rings. The van der Waals surface area contributed by atoms with Crippen molar-refractivity contribution in [1.82, 2.24) is 0 Å². The Labute approximate surface area is 168 Å². The predicted octanol–water partition coefficient (Wildman–Crippen LogP) is 0.275. The zero-order valence-corrected chi connectivity index (χ0v) is 19.0. The normalized spacial score (nSPS) is 15.7. The molecule has 2 rings (SSSR count). The molecule has 0 bridgehead atoms. The maximum Gasteiger partial charge on any atom is 0 e. The first-order chi connectivity index (χ1) is 9.35. The molecular weight excluding hydrogens is 478 g/mol. The Morgan fingerprint density at radius 3 is 1.55 bits per heavy atom. The van der Waals surface area contributed by atoms with E-state index in [1.807, 2.05) is 0 Å². The van der Waals surface area contributed by atoms with Crippen LogP contribution in [0.15, 0.2) is 46.6 Å². The monoisotopic (exact) mass is 506 g/mol. The van der Waals surface area contributed by atoms with Crippen molar-refractivity contribution in [3.05, 3.63) is 46.6 Å². The van der Waals surface area contributed by atoms with Crippen molar-refractivity contribution in [2.45, 2.75) is 71.6 Å².